The summed E-state index contributed by atoms with van der Waals surface area (Å²) in [7, 11) is 0. The lowest BCUT2D eigenvalue weighted by Gasteiger charge is -2.21. The number of aliphatic hydroxyl groups is 1. The number of halogens is 3. The second-order valence-electron chi connectivity index (χ2n) is 9.91. The summed E-state index contributed by atoms with van der Waals surface area (Å²) in [6.45, 7) is 6.46. The monoisotopic (exact) mass is 558 g/mol. The van der Waals surface area contributed by atoms with E-state index in [1.165, 1.54) is 12.1 Å². The lowest BCUT2D eigenvalue weighted by atomic mass is 10.1. The van der Waals surface area contributed by atoms with Crippen LogP contribution in [-0.2, 0) is 6.54 Å². The molecule has 3 N–H and O–H groups in total. The van der Waals surface area contributed by atoms with Gasteiger partial charge in [-0.1, -0.05) is 19.1 Å². The minimum absolute atomic E-state index is 0.127. The van der Waals surface area contributed by atoms with Crippen molar-refractivity contribution in [3.05, 3.63) is 53.5 Å². The molecule has 1 saturated carbocycles. The molecule has 4 aromatic rings. The van der Waals surface area contributed by atoms with Gasteiger partial charge in [0.05, 0.1) is 21.7 Å². The lowest BCUT2D eigenvalue weighted by Crippen LogP contribution is -2.24. The summed E-state index contributed by atoms with van der Waals surface area (Å²) in [5, 5.41) is 17.3. The van der Waals surface area contributed by atoms with Crippen LogP contribution in [0, 0.1) is 25.7 Å². The summed E-state index contributed by atoms with van der Waals surface area (Å²) in [4.78, 5) is 18.7. The zero-order valence-electron chi connectivity index (χ0n) is 21.7. The number of hydrogen-bond acceptors (Lipinski definition) is 9. The van der Waals surface area contributed by atoms with E-state index in [0.29, 0.717) is 24.2 Å². The van der Waals surface area contributed by atoms with Crippen LogP contribution in [0.5, 0.6) is 5.75 Å². The van der Waals surface area contributed by atoms with Gasteiger partial charge in [-0.15, -0.1) is 24.5 Å². The van der Waals surface area contributed by atoms with Crippen LogP contribution in [0.25, 0.3) is 20.8 Å². The van der Waals surface area contributed by atoms with Crippen molar-refractivity contribution in [1.82, 2.24) is 19.9 Å². The average Bonchev–Trinajstić information content (AvgIpc) is 3.46. The van der Waals surface area contributed by atoms with E-state index in [2.05, 4.69) is 32.3 Å². The second kappa shape index (κ2) is 10.9. The first-order chi connectivity index (χ1) is 18.6. The Hall–Kier alpha value is -3.51. The summed E-state index contributed by atoms with van der Waals surface area (Å²) in [5.41, 5.74) is 3.99. The van der Waals surface area contributed by atoms with Crippen LogP contribution in [0.2, 0.25) is 0 Å². The minimum atomic E-state index is -4.73. The second-order valence-corrected chi connectivity index (χ2v) is 10.9. The molecule has 0 saturated heterocycles. The largest absolute Gasteiger partial charge is 0.573 e. The predicted molar refractivity (Wildman–Crippen MR) is 145 cm³/mol. The maximum atomic E-state index is 12.5. The van der Waals surface area contributed by atoms with E-state index >= 15 is 0 Å². The number of ether oxygens (including phenoxy) is 1. The number of aliphatic hydroxyl groups excluding tert-OH is 1. The van der Waals surface area contributed by atoms with Crippen molar-refractivity contribution in [2.45, 2.75) is 52.6 Å². The Kier molecular flexibility index (Phi) is 7.59. The first kappa shape index (κ1) is 27.1. The van der Waals surface area contributed by atoms with Crippen molar-refractivity contribution in [3.63, 3.8) is 0 Å². The molecule has 1 aliphatic carbocycles. The Labute approximate surface area is 227 Å². The number of nitrogens with zero attached hydrogens (tertiary/aromatic N) is 4. The number of hydrogen-bond donors (Lipinski definition) is 3. The Morgan fingerprint density at radius 1 is 1.05 bits per heavy atom. The van der Waals surface area contributed by atoms with Gasteiger partial charge in [-0.25, -0.2) is 9.97 Å². The smallest absolute Gasteiger partial charge is 0.406 e. The Morgan fingerprint density at radius 2 is 1.82 bits per heavy atom. The maximum absolute atomic E-state index is 12.5. The van der Waals surface area contributed by atoms with Crippen molar-refractivity contribution < 1.29 is 23.0 Å². The summed E-state index contributed by atoms with van der Waals surface area (Å²) in [6, 6.07) is 7.73. The van der Waals surface area contributed by atoms with E-state index in [1.54, 1.807) is 29.7 Å². The Balaban J connectivity index is 1.44. The third-order valence-electron chi connectivity index (χ3n) is 6.96. The van der Waals surface area contributed by atoms with Gasteiger partial charge in [0.2, 0.25) is 5.95 Å². The third kappa shape index (κ3) is 6.22. The number of fused-ring (bicyclic) bond motifs is 1. The molecule has 12 heteroatoms. The zero-order chi connectivity index (χ0) is 27.7. The Morgan fingerprint density at radius 3 is 2.49 bits per heavy atom. The third-order valence-corrected chi connectivity index (χ3v) is 8.00. The van der Waals surface area contributed by atoms with Gasteiger partial charge in [-0.2, -0.15) is 4.98 Å². The van der Waals surface area contributed by atoms with Crippen molar-refractivity contribution in [2.75, 3.05) is 17.2 Å². The van der Waals surface area contributed by atoms with Crippen LogP contribution in [0.1, 0.15) is 36.7 Å². The molecule has 8 nitrogen and oxygen atoms in total. The molecular weight excluding hydrogens is 529 g/mol. The van der Waals surface area contributed by atoms with Gasteiger partial charge >= 0.3 is 6.36 Å². The highest BCUT2D eigenvalue weighted by Gasteiger charge is 2.33. The average molecular weight is 559 g/mol. The van der Waals surface area contributed by atoms with Gasteiger partial charge in [-0.3, -0.25) is 4.98 Å². The number of thiazole rings is 1. The maximum Gasteiger partial charge on any atom is 0.573 e. The fourth-order valence-electron chi connectivity index (χ4n) is 5.00. The highest BCUT2D eigenvalue weighted by molar-refractivity contribution is 7.21. The topological polar surface area (TPSA) is 105 Å². The van der Waals surface area contributed by atoms with Gasteiger partial charge in [0.15, 0.2) is 0 Å². The van der Waals surface area contributed by atoms with Crippen LogP contribution < -0.4 is 15.4 Å². The Bertz CT molecular complexity index is 1460. The molecule has 1 fully saturated rings. The van der Waals surface area contributed by atoms with E-state index in [0.717, 1.165) is 50.6 Å². The molecule has 3 heterocycles. The summed E-state index contributed by atoms with van der Waals surface area (Å²) >= 11 is 1.55. The number of aryl methyl sites for hydroxylation is 2. The molecule has 206 valence electrons. The van der Waals surface area contributed by atoms with Crippen LogP contribution >= 0.6 is 11.3 Å². The molecule has 1 aliphatic rings. The standard InChI is InChI=1S/C27H29F3N6O2S/c1-14-10-18(13-37)11-20(14)34-24-22(25-35-23-16(3)31-9-8-21(23)39-25)15(2)33-26(36-24)32-12-17-4-6-19(7-5-17)38-27(28,29)30/h4-9,14,18,20,37H,10-13H2,1-3H3,(H2,32,33,34,36). The van der Waals surface area contributed by atoms with Gasteiger partial charge in [0, 0.05) is 25.4 Å². The fraction of sp³-hybridized carbons (Fsp3) is 0.407. The first-order valence-electron chi connectivity index (χ1n) is 12.7. The van der Waals surface area contributed by atoms with Crippen LogP contribution in [0.3, 0.4) is 0 Å². The van der Waals surface area contributed by atoms with Crippen molar-refractivity contribution in [3.8, 4) is 16.3 Å². The number of nitrogens with one attached hydrogen (secondary N) is 2. The predicted octanol–water partition coefficient (Wildman–Crippen LogP) is 6.09. The van der Waals surface area contributed by atoms with Gasteiger partial charge in [0.25, 0.3) is 0 Å². The van der Waals surface area contributed by atoms with Crippen LogP contribution in [-0.4, -0.2) is 44.1 Å². The molecule has 0 aliphatic heterocycles. The quantitative estimate of drug-likeness (QED) is 0.239. The van der Waals surface area contributed by atoms with E-state index in [9.17, 15) is 18.3 Å². The molecule has 0 amide bonds. The molecule has 5 rings (SSSR count). The molecule has 3 aromatic heterocycles. The van der Waals surface area contributed by atoms with E-state index in [-0.39, 0.29) is 24.3 Å². The molecule has 0 bridgehead atoms. The van der Waals surface area contributed by atoms with Crippen molar-refractivity contribution in [2.24, 2.45) is 11.8 Å². The summed E-state index contributed by atoms with van der Waals surface area (Å²) in [5.74, 6) is 1.35. The van der Waals surface area contributed by atoms with E-state index in [4.69, 9.17) is 9.97 Å². The molecule has 1 aromatic carbocycles. The van der Waals surface area contributed by atoms with E-state index in [1.807, 2.05) is 19.9 Å². The zero-order valence-corrected chi connectivity index (χ0v) is 22.5. The number of pyridine rings is 1. The van der Waals surface area contributed by atoms with Crippen molar-refractivity contribution >= 4 is 33.3 Å². The number of benzene rings is 1. The normalized spacial score (nSPS) is 19.4. The van der Waals surface area contributed by atoms with E-state index < -0.39 is 6.36 Å². The number of anilines is 2. The molecule has 3 atom stereocenters. The van der Waals surface area contributed by atoms with Gasteiger partial charge in [0.1, 0.15) is 22.1 Å². The SMILES string of the molecule is Cc1nc(NCc2ccc(OC(F)(F)F)cc2)nc(NC2CC(CO)CC2C)c1-c1nc2c(C)nccc2s1. The molecular formula is C27H29F3N6O2S. The number of rotatable bonds is 8. The number of aromatic nitrogens is 4. The van der Waals surface area contributed by atoms with Crippen molar-refractivity contribution in [1.29, 1.82) is 0 Å². The van der Waals surface area contributed by atoms with Crippen LogP contribution in [0.4, 0.5) is 24.9 Å². The highest BCUT2D eigenvalue weighted by atomic mass is 32.1. The molecule has 3 unspecified atom stereocenters. The molecule has 0 spiro atoms. The first-order valence-corrected chi connectivity index (χ1v) is 13.5. The highest BCUT2D eigenvalue weighted by Crippen LogP contribution is 2.39. The van der Waals surface area contributed by atoms with Gasteiger partial charge < -0.3 is 20.5 Å². The molecule has 0 radical (unpaired) electrons. The van der Waals surface area contributed by atoms with Gasteiger partial charge in [-0.05, 0) is 62.3 Å². The van der Waals surface area contributed by atoms with Crippen LogP contribution in [0.15, 0.2) is 36.5 Å². The fourth-order valence-corrected chi connectivity index (χ4v) is 6.11. The lowest BCUT2D eigenvalue weighted by molar-refractivity contribution is -0.274. The summed E-state index contributed by atoms with van der Waals surface area (Å²) in [6.07, 6.45) is -1.20. The minimum Gasteiger partial charge on any atom is -0.406 e. The summed E-state index contributed by atoms with van der Waals surface area (Å²) < 4.78 is 42.3. The molecule has 39 heavy (non-hydrogen) atoms. The number of alkyl halides is 3.